The van der Waals surface area contributed by atoms with Gasteiger partial charge in [-0.15, -0.1) is 0 Å². The summed E-state index contributed by atoms with van der Waals surface area (Å²) in [7, 11) is 1.72. The molecule has 3 atom stereocenters. The molecule has 1 aromatic rings. The quantitative estimate of drug-likeness (QED) is 0.771. The lowest BCUT2D eigenvalue weighted by molar-refractivity contribution is 0.320. The van der Waals surface area contributed by atoms with Crippen molar-refractivity contribution in [3.63, 3.8) is 0 Å². The SMILES string of the molecule is CCC1OC1C(C)Cc1cc(Br)ccc1OC. The van der Waals surface area contributed by atoms with Gasteiger partial charge in [0.05, 0.1) is 19.3 Å². The number of halogens is 1. The van der Waals surface area contributed by atoms with Crippen LogP contribution in [0.25, 0.3) is 0 Å². The Bertz CT molecular complexity index is 392. The van der Waals surface area contributed by atoms with Crippen molar-refractivity contribution in [2.45, 2.75) is 38.9 Å². The van der Waals surface area contributed by atoms with Gasteiger partial charge in [0.15, 0.2) is 0 Å². The molecule has 1 aliphatic rings. The van der Waals surface area contributed by atoms with E-state index in [1.165, 1.54) is 5.56 Å². The average molecular weight is 299 g/mol. The van der Waals surface area contributed by atoms with E-state index in [0.29, 0.717) is 18.1 Å². The van der Waals surface area contributed by atoms with Gasteiger partial charge in [-0.2, -0.15) is 0 Å². The molecule has 0 bridgehead atoms. The third-order valence-corrected chi connectivity index (χ3v) is 3.86. The van der Waals surface area contributed by atoms with Crippen molar-refractivity contribution in [1.82, 2.24) is 0 Å². The van der Waals surface area contributed by atoms with Crippen molar-refractivity contribution in [2.24, 2.45) is 5.92 Å². The first-order chi connectivity index (χ1) is 8.15. The van der Waals surface area contributed by atoms with Crippen LogP contribution in [0.2, 0.25) is 0 Å². The van der Waals surface area contributed by atoms with Gasteiger partial charge >= 0.3 is 0 Å². The summed E-state index contributed by atoms with van der Waals surface area (Å²) in [6.45, 7) is 4.43. The molecule has 3 heteroatoms. The summed E-state index contributed by atoms with van der Waals surface area (Å²) in [5, 5.41) is 0. The lowest BCUT2D eigenvalue weighted by Gasteiger charge is -2.13. The van der Waals surface area contributed by atoms with E-state index in [9.17, 15) is 0 Å². The zero-order valence-electron chi connectivity index (χ0n) is 10.6. The van der Waals surface area contributed by atoms with E-state index in [1.54, 1.807) is 7.11 Å². The third-order valence-electron chi connectivity index (χ3n) is 3.37. The first-order valence-corrected chi connectivity index (χ1v) is 6.92. The third kappa shape index (κ3) is 3.02. The van der Waals surface area contributed by atoms with Gasteiger partial charge in [-0.25, -0.2) is 0 Å². The Labute approximate surface area is 111 Å². The summed E-state index contributed by atoms with van der Waals surface area (Å²) >= 11 is 3.51. The highest BCUT2D eigenvalue weighted by molar-refractivity contribution is 9.10. The fourth-order valence-electron chi connectivity index (χ4n) is 2.36. The van der Waals surface area contributed by atoms with Gasteiger partial charge in [-0.1, -0.05) is 29.8 Å². The second-order valence-corrected chi connectivity index (χ2v) is 5.60. The molecule has 1 fully saturated rings. The molecule has 2 rings (SSSR count). The second-order valence-electron chi connectivity index (χ2n) is 4.68. The number of rotatable bonds is 5. The van der Waals surface area contributed by atoms with Gasteiger partial charge in [0.2, 0.25) is 0 Å². The summed E-state index contributed by atoms with van der Waals surface area (Å²) in [5.41, 5.74) is 1.25. The Kier molecular flexibility index (Phi) is 4.10. The molecule has 94 valence electrons. The molecule has 1 aromatic carbocycles. The number of benzene rings is 1. The minimum absolute atomic E-state index is 0.434. The Balaban J connectivity index is 2.05. The molecule has 17 heavy (non-hydrogen) atoms. The molecule has 0 spiro atoms. The maximum absolute atomic E-state index is 5.65. The fraction of sp³-hybridized carbons (Fsp3) is 0.571. The first-order valence-electron chi connectivity index (χ1n) is 6.13. The zero-order chi connectivity index (χ0) is 12.4. The highest BCUT2D eigenvalue weighted by Gasteiger charge is 2.41. The van der Waals surface area contributed by atoms with Crippen molar-refractivity contribution in [1.29, 1.82) is 0 Å². The standard InChI is InChI=1S/C14H19BrO2/c1-4-12-14(17-12)9(2)7-10-8-11(15)5-6-13(10)16-3/h5-6,8-9,12,14H,4,7H2,1-3H3. The molecule has 0 aliphatic carbocycles. The number of hydrogen-bond acceptors (Lipinski definition) is 2. The predicted molar refractivity (Wildman–Crippen MR) is 72.5 cm³/mol. The predicted octanol–water partition coefficient (Wildman–Crippen LogP) is 3.81. The van der Waals surface area contributed by atoms with Crippen LogP contribution in [0.4, 0.5) is 0 Å². The topological polar surface area (TPSA) is 21.8 Å². The van der Waals surface area contributed by atoms with Gasteiger partial charge in [-0.3, -0.25) is 0 Å². The monoisotopic (exact) mass is 298 g/mol. The van der Waals surface area contributed by atoms with Gasteiger partial charge in [0, 0.05) is 4.47 Å². The smallest absolute Gasteiger partial charge is 0.122 e. The number of methoxy groups -OCH3 is 1. The second kappa shape index (κ2) is 5.40. The summed E-state index contributed by atoms with van der Waals surface area (Å²) in [4.78, 5) is 0. The average Bonchev–Trinajstić information content (AvgIpc) is 3.08. The largest absolute Gasteiger partial charge is 0.496 e. The Morgan fingerprint density at radius 2 is 2.24 bits per heavy atom. The molecule has 0 amide bonds. The van der Waals surface area contributed by atoms with E-state index < -0.39 is 0 Å². The van der Waals surface area contributed by atoms with Crippen LogP contribution in [0.3, 0.4) is 0 Å². The molecule has 0 aromatic heterocycles. The van der Waals surface area contributed by atoms with Gasteiger partial charge in [0.1, 0.15) is 5.75 Å². The van der Waals surface area contributed by atoms with E-state index in [1.807, 2.05) is 12.1 Å². The summed E-state index contributed by atoms with van der Waals surface area (Å²) in [6.07, 6.45) is 3.03. The van der Waals surface area contributed by atoms with Crippen molar-refractivity contribution in [2.75, 3.05) is 7.11 Å². The summed E-state index contributed by atoms with van der Waals surface area (Å²) < 4.78 is 12.1. The minimum Gasteiger partial charge on any atom is -0.496 e. The van der Waals surface area contributed by atoms with Gasteiger partial charge in [-0.05, 0) is 42.5 Å². The molecular formula is C14H19BrO2. The lowest BCUT2D eigenvalue weighted by atomic mass is 9.95. The molecular weight excluding hydrogens is 280 g/mol. The zero-order valence-corrected chi connectivity index (χ0v) is 12.2. The van der Waals surface area contributed by atoms with E-state index in [0.717, 1.165) is 23.1 Å². The van der Waals surface area contributed by atoms with Crippen LogP contribution in [0, 0.1) is 5.92 Å². The van der Waals surface area contributed by atoms with Crippen LogP contribution in [0.5, 0.6) is 5.75 Å². The van der Waals surface area contributed by atoms with Crippen molar-refractivity contribution < 1.29 is 9.47 Å². The number of ether oxygens (including phenoxy) is 2. The fourth-order valence-corrected chi connectivity index (χ4v) is 2.76. The van der Waals surface area contributed by atoms with Crippen LogP contribution in [-0.4, -0.2) is 19.3 Å². The van der Waals surface area contributed by atoms with Crippen molar-refractivity contribution in [3.8, 4) is 5.75 Å². The summed E-state index contributed by atoms with van der Waals surface area (Å²) in [6, 6.07) is 6.16. The van der Waals surface area contributed by atoms with Crippen LogP contribution in [0.15, 0.2) is 22.7 Å². The van der Waals surface area contributed by atoms with Crippen LogP contribution < -0.4 is 4.74 Å². The molecule has 0 radical (unpaired) electrons. The molecule has 2 nitrogen and oxygen atoms in total. The van der Waals surface area contributed by atoms with Crippen LogP contribution in [0.1, 0.15) is 25.8 Å². The Morgan fingerprint density at radius 1 is 1.47 bits per heavy atom. The van der Waals surface area contributed by atoms with E-state index in [2.05, 4.69) is 35.8 Å². The van der Waals surface area contributed by atoms with Crippen molar-refractivity contribution in [3.05, 3.63) is 28.2 Å². The molecule has 0 saturated carbocycles. The lowest BCUT2D eigenvalue weighted by Crippen LogP contribution is -2.10. The molecule has 3 unspecified atom stereocenters. The maximum atomic E-state index is 5.65. The molecule has 0 N–H and O–H groups in total. The number of hydrogen-bond donors (Lipinski definition) is 0. The highest BCUT2D eigenvalue weighted by atomic mass is 79.9. The van der Waals surface area contributed by atoms with E-state index in [-0.39, 0.29) is 0 Å². The summed E-state index contributed by atoms with van der Waals surface area (Å²) in [5.74, 6) is 1.51. The molecule has 1 heterocycles. The van der Waals surface area contributed by atoms with E-state index >= 15 is 0 Å². The highest BCUT2D eigenvalue weighted by Crippen LogP contribution is 2.35. The molecule has 1 aliphatic heterocycles. The van der Waals surface area contributed by atoms with Gasteiger partial charge < -0.3 is 9.47 Å². The van der Waals surface area contributed by atoms with Crippen LogP contribution >= 0.6 is 15.9 Å². The molecule has 1 saturated heterocycles. The Hall–Kier alpha value is -0.540. The number of epoxide rings is 1. The normalized spacial score (nSPS) is 24.5. The van der Waals surface area contributed by atoms with Crippen molar-refractivity contribution >= 4 is 15.9 Å². The van der Waals surface area contributed by atoms with Gasteiger partial charge in [0.25, 0.3) is 0 Å². The van der Waals surface area contributed by atoms with E-state index in [4.69, 9.17) is 9.47 Å². The van der Waals surface area contributed by atoms with Crippen LogP contribution in [-0.2, 0) is 11.2 Å². The maximum Gasteiger partial charge on any atom is 0.122 e. The minimum atomic E-state index is 0.434. The Morgan fingerprint density at radius 3 is 2.82 bits per heavy atom. The first kappa shape index (κ1) is 12.9.